The molecule has 2 atom stereocenters. The van der Waals surface area contributed by atoms with Crippen molar-refractivity contribution in [3.63, 3.8) is 0 Å². The molecule has 176 valence electrons. The fraction of sp³-hybridized carbons (Fsp3) is 0.652. The van der Waals surface area contributed by atoms with Gasteiger partial charge >= 0.3 is 6.09 Å². The number of nitrogens with zero attached hydrogens (tertiary/aromatic N) is 1. The lowest BCUT2D eigenvalue weighted by molar-refractivity contribution is -0.0265. The molecule has 0 saturated carbocycles. The van der Waals surface area contributed by atoms with Crippen LogP contribution in [0.15, 0.2) is 29.3 Å². The van der Waals surface area contributed by atoms with Crippen molar-refractivity contribution in [2.45, 2.75) is 58.7 Å². The molecule has 1 aliphatic rings. The molecule has 3 N–H and O–H groups in total. The maximum atomic E-state index is 11.7. The maximum absolute atomic E-state index is 11.7. The fourth-order valence-electron chi connectivity index (χ4n) is 3.43. The molecule has 31 heavy (non-hydrogen) atoms. The number of aryl methyl sites for hydroxylation is 1. The number of halogens is 1. The first kappa shape index (κ1) is 27.5. The third-order valence-electron chi connectivity index (χ3n) is 4.92. The monoisotopic (exact) mass is 546 g/mol. The molecule has 1 heterocycles. The zero-order chi connectivity index (χ0) is 22.0. The van der Waals surface area contributed by atoms with Crippen LogP contribution in [0.4, 0.5) is 4.79 Å². The highest BCUT2D eigenvalue weighted by atomic mass is 127. The zero-order valence-corrected chi connectivity index (χ0v) is 21.8. The molecule has 0 bridgehead atoms. The molecule has 0 radical (unpaired) electrons. The van der Waals surface area contributed by atoms with Crippen LogP contribution < -0.4 is 16.0 Å². The summed E-state index contributed by atoms with van der Waals surface area (Å²) in [5.41, 5.74) is 2.02. The molecule has 0 aromatic heterocycles. The van der Waals surface area contributed by atoms with Gasteiger partial charge in [-0.3, -0.25) is 4.99 Å². The molecule has 8 heteroatoms. The summed E-state index contributed by atoms with van der Waals surface area (Å²) in [6.45, 7) is 10.5. The van der Waals surface area contributed by atoms with Crippen molar-refractivity contribution >= 4 is 36.0 Å². The molecular weight excluding hydrogens is 507 g/mol. The van der Waals surface area contributed by atoms with Crippen molar-refractivity contribution in [3.05, 3.63) is 35.4 Å². The molecule has 1 fully saturated rings. The second-order valence-electron chi connectivity index (χ2n) is 8.77. The number of carbonyl (C=O) groups is 1. The smallest absolute Gasteiger partial charge is 0.407 e. The van der Waals surface area contributed by atoms with Gasteiger partial charge in [-0.1, -0.05) is 29.8 Å². The van der Waals surface area contributed by atoms with E-state index in [9.17, 15) is 4.79 Å². The van der Waals surface area contributed by atoms with Gasteiger partial charge in [-0.05, 0) is 52.5 Å². The van der Waals surface area contributed by atoms with Gasteiger partial charge in [-0.15, -0.1) is 24.0 Å². The van der Waals surface area contributed by atoms with E-state index >= 15 is 0 Å². The highest BCUT2D eigenvalue weighted by Gasteiger charge is 2.27. The quantitative estimate of drug-likeness (QED) is 0.207. The summed E-state index contributed by atoms with van der Waals surface area (Å²) in [6, 6.07) is 8.62. The molecule has 0 spiro atoms. The van der Waals surface area contributed by atoms with E-state index in [1.165, 1.54) is 11.1 Å². The van der Waals surface area contributed by atoms with E-state index in [2.05, 4.69) is 52.1 Å². The van der Waals surface area contributed by atoms with Gasteiger partial charge in [0.05, 0.1) is 6.10 Å². The Bertz CT molecular complexity index is 689. The second kappa shape index (κ2) is 13.8. The number of rotatable bonds is 7. The van der Waals surface area contributed by atoms with Crippen molar-refractivity contribution in [2.75, 3.05) is 33.3 Å². The molecule has 1 aromatic carbocycles. The zero-order valence-electron chi connectivity index (χ0n) is 19.5. The van der Waals surface area contributed by atoms with E-state index in [1.54, 1.807) is 7.05 Å². The Morgan fingerprint density at radius 2 is 1.84 bits per heavy atom. The molecule has 1 saturated heterocycles. The number of amides is 1. The molecule has 1 aliphatic heterocycles. The van der Waals surface area contributed by atoms with E-state index in [0.717, 1.165) is 38.4 Å². The van der Waals surface area contributed by atoms with Crippen LogP contribution in [0.3, 0.4) is 0 Å². The first-order chi connectivity index (χ1) is 14.3. The van der Waals surface area contributed by atoms with Crippen LogP contribution in [0.1, 0.15) is 57.3 Å². The Morgan fingerprint density at radius 1 is 1.16 bits per heavy atom. The van der Waals surface area contributed by atoms with E-state index in [0.29, 0.717) is 19.0 Å². The minimum absolute atomic E-state index is 0. The average Bonchev–Trinajstić information content (AvgIpc) is 2.69. The molecule has 0 aliphatic carbocycles. The Kier molecular flexibility index (Phi) is 12.2. The standard InChI is InChI=1S/C23H38N4O3.HI/c1-17-9-11-18(12-10-17)20-19(8-6-15-29-20)16-27-21(24-5)25-13-7-14-26-22(28)30-23(2,3)4;/h9-12,19-20H,6-8,13-16H2,1-5H3,(H,26,28)(H2,24,25,27);1H. The van der Waals surface area contributed by atoms with Gasteiger partial charge in [0.2, 0.25) is 0 Å². The molecule has 2 unspecified atom stereocenters. The van der Waals surface area contributed by atoms with Crippen molar-refractivity contribution in [1.82, 2.24) is 16.0 Å². The summed E-state index contributed by atoms with van der Waals surface area (Å²) in [7, 11) is 1.77. The van der Waals surface area contributed by atoms with Gasteiger partial charge < -0.3 is 25.4 Å². The lowest BCUT2D eigenvalue weighted by atomic mass is 9.89. The molecule has 2 rings (SSSR count). The fourth-order valence-corrected chi connectivity index (χ4v) is 3.43. The van der Waals surface area contributed by atoms with E-state index < -0.39 is 5.60 Å². The predicted molar refractivity (Wildman–Crippen MR) is 136 cm³/mol. The summed E-state index contributed by atoms with van der Waals surface area (Å²) in [5, 5.41) is 9.49. The van der Waals surface area contributed by atoms with Crippen molar-refractivity contribution in [1.29, 1.82) is 0 Å². The number of aliphatic imine (C=N–C) groups is 1. The van der Waals surface area contributed by atoms with Crippen LogP contribution in [0.25, 0.3) is 0 Å². The highest BCUT2D eigenvalue weighted by molar-refractivity contribution is 14.0. The largest absolute Gasteiger partial charge is 0.444 e. The minimum Gasteiger partial charge on any atom is -0.444 e. The second-order valence-corrected chi connectivity index (χ2v) is 8.77. The van der Waals surface area contributed by atoms with Crippen molar-refractivity contribution in [2.24, 2.45) is 10.9 Å². The Morgan fingerprint density at radius 3 is 2.48 bits per heavy atom. The first-order valence-corrected chi connectivity index (χ1v) is 10.9. The lowest BCUT2D eigenvalue weighted by Gasteiger charge is -2.32. The van der Waals surface area contributed by atoms with Gasteiger partial charge in [0, 0.05) is 39.2 Å². The minimum atomic E-state index is -0.479. The normalized spacial score (nSPS) is 19.2. The van der Waals surface area contributed by atoms with Gasteiger partial charge in [-0.2, -0.15) is 0 Å². The van der Waals surface area contributed by atoms with Crippen LogP contribution in [-0.2, 0) is 9.47 Å². The summed E-state index contributed by atoms with van der Waals surface area (Å²) in [4.78, 5) is 16.0. The molecule has 7 nitrogen and oxygen atoms in total. The third-order valence-corrected chi connectivity index (χ3v) is 4.92. The van der Waals surface area contributed by atoms with Gasteiger partial charge in [-0.25, -0.2) is 4.79 Å². The van der Waals surface area contributed by atoms with Crippen LogP contribution >= 0.6 is 24.0 Å². The summed E-state index contributed by atoms with van der Waals surface area (Å²) >= 11 is 0. The van der Waals surface area contributed by atoms with Crippen molar-refractivity contribution < 1.29 is 14.3 Å². The number of alkyl carbamates (subject to hydrolysis) is 1. The highest BCUT2D eigenvalue weighted by Crippen LogP contribution is 2.33. The van der Waals surface area contributed by atoms with E-state index in [4.69, 9.17) is 9.47 Å². The van der Waals surface area contributed by atoms with Crippen LogP contribution in [-0.4, -0.2) is 50.9 Å². The number of hydrogen-bond donors (Lipinski definition) is 3. The lowest BCUT2D eigenvalue weighted by Crippen LogP contribution is -2.42. The Labute approximate surface area is 204 Å². The number of nitrogens with one attached hydrogen (secondary N) is 3. The molecular formula is C23H39IN4O3. The summed E-state index contributed by atoms with van der Waals surface area (Å²) < 4.78 is 11.3. The summed E-state index contributed by atoms with van der Waals surface area (Å²) in [5.74, 6) is 1.16. The topological polar surface area (TPSA) is 84.0 Å². The first-order valence-electron chi connectivity index (χ1n) is 10.9. The average molecular weight is 546 g/mol. The number of ether oxygens (including phenoxy) is 2. The predicted octanol–water partition coefficient (Wildman–Crippen LogP) is 4.16. The van der Waals surface area contributed by atoms with E-state index in [-0.39, 0.29) is 36.2 Å². The van der Waals surface area contributed by atoms with Crippen LogP contribution in [0.2, 0.25) is 0 Å². The number of guanidine groups is 1. The van der Waals surface area contributed by atoms with Gasteiger partial charge in [0.15, 0.2) is 5.96 Å². The maximum Gasteiger partial charge on any atom is 0.407 e. The summed E-state index contributed by atoms with van der Waals surface area (Å²) in [6.07, 6.45) is 2.71. The SMILES string of the molecule is CN=C(NCCCNC(=O)OC(C)(C)C)NCC1CCCOC1c1ccc(C)cc1.I. The molecule has 1 aromatic rings. The van der Waals surface area contributed by atoms with Crippen LogP contribution in [0, 0.1) is 12.8 Å². The van der Waals surface area contributed by atoms with Crippen LogP contribution in [0.5, 0.6) is 0 Å². The number of carbonyl (C=O) groups excluding carboxylic acids is 1. The molecule has 1 amide bonds. The third kappa shape index (κ3) is 10.5. The Balaban J connectivity index is 0.00000480. The van der Waals surface area contributed by atoms with Crippen molar-refractivity contribution in [3.8, 4) is 0 Å². The van der Waals surface area contributed by atoms with Gasteiger partial charge in [0.25, 0.3) is 0 Å². The van der Waals surface area contributed by atoms with E-state index in [1.807, 2.05) is 20.8 Å². The number of hydrogen-bond acceptors (Lipinski definition) is 4. The number of benzene rings is 1. The Hall–Kier alpha value is -1.55. The van der Waals surface area contributed by atoms with Gasteiger partial charge in [0.1, 0.15) is 5.60 Å².